The van der Waals surface area contributed by atoms with E-state index in [-0.39, 0.29) is 5.56 Å². The van der Waals surface area contributed by atoms with Crippen molar-refractivity contribution >= 4 is 5.82 Å². The molecule has 0 spiro atoms. The molecule has 1 aromatic heterocycles. The van der Waals surface area contributed by atoms with Crippen molar-refractivity contribution in [2.45, 2.75) is 33.6 Å². The summed E-state index contributed by atoms with van der Waals surface area (Å²) in [7, 11) is 0. The van der Waals surface area contributed by atoms with E-state index in [0.717, 1.165) is 35.6 Å². The fourth-order valence-electron chi connectivity index (χ4n) is 2.15. The summed E-state index contributed by atoms with van der Waals surface area (Å²) < 4.78 is 25.2. The molecule has 0 aliphatic rings. The molecule has 0 atom stereocenters. The van der Waals surface area contributed by atoms with Gasteiger partial charge < -0.3 is 5.32 Å². The van der Waals surface area contributed by atoms with Crippen LogP contribution in [-0.2, 0) is 6.42 Å². The summed E-state index contributed by atoms with van der Waals surface area (Å²) in [6, 6.07) is 6.12. The molecule has 1 heterocycles. The minimum atomic E-state index is -2.46. The van der Waals surface area contributed by atoms with Crippen molar-refractivity contribution in [3.05, 3.63) is 41.1 Å². The standard InChI is InChI=1S/C16H19F2N3/c1-4-13-10(3)15(19-5-2)21-16(20-13)12-8-6-11(7-9-12)14(17)18/h6-9,14H,4-5H2,1-3H3,(H,19,20,21). The first kappa shape index (κ1) is 15.4. The lowest BCUT2D eigenvalue weighted by molar-refractivity contribution is 0.151. The number of rotatable bonds is 5. The first-order chi connectivity index (χ1) is 10.1. The van der Waals surface area contributed by atoms with E-state index in [2.05, 4.69) is 15.3 Å². The quantitative estimate of drug-likeness (QED) is 0.888. The molecule has 0 bridgehead atoms. The summed E-state index contributed by atoms with van der Waals surface area (Å²) in [5.41, 5.74) is 2.75. The highest BCUT2D eigenvalue weighted by Gasteiger charge is 2.12. The van der Waals surface area contributed by atoms with E-state index in [4.69, 9.17) is 0 Å². The van der Waals surface area contributed by atoms with Crippen molar-refractivity contribution in [2.24, 2.45) is 0 Å². The first-order valence-corrected chi connectivity index (χ1v) is 7.06. The van der Waals surface area contributed by atoms with Crippen molar-refractivity contribution < 1.29 is 8.78 Å². The van der Waals surface area contributed by atoms with Gasteiger partial charge in [-0.25, -0.2) is 18.7 Å². The number of nitrogens with one attached hydrogen (secondary N) is 1. The molecule has 0 aliphatic heterocycles. The molecule has 0 unspecified atom stereocenters. The molecule has 0 saturated heterocycles. The molecule has 0 radical (unpaired) electrons. The van der Waals surface area contributed by atoms with Gasteiger partial charge in [0.2, 0.25) is 0 Å². The van der Waals surface area contributed by atoms with E-state index >= 15 is 0 Å². The third-order valence-electron chi connectivity index (χ3n) is 3.35. The molecule has 1 N–H and O–H groups in total. The minimum Gasteiger partial charge on any atom is -0.370 e. The number of hydrogen-bond donors (Lipinski definition) is 1. The van der Waals surface area contributed by atoms with Crippen LogP contribution in [0.25, 0.3) is 11.4 Å². The molecule has 3 nitrogen and oxygen atoms in total. The Hall–Kier alpha value is -2.04. The number of hydrogen-bond acceptors (Lipinski definition) is 3. The minimum absolute atomic E-state index is 0.00785. The maximum atomic E-state index is 12.6. The van der Waals surface area contributed by atoms with E-state index in [1.165, 1.54) is 12.1 Å². The summed E-state index contributed by atoms with van der Waals surface area (Å²) in [4.78, 5) is 9.05. The number of benzene rings is 1. The molecule has 112 valence electrons. The lowest BCUT2D eigenvalue weighted by Gasteiger charge is -2.12. The van der Waals surface area contributed by atoms with Crippen LogP contribution in [0.2, 0.25) is 0 Å². The Balaban J connectivity index is 2.45. The number of anilines is 1. The lowest BCUT2D eigenvalue weighted by Crippen LogP contribution is -2.07. The second kappa shape index (κ2) is 6.61. The molecule has 2 rings (SSSR count). The fourth-order valence-corrected chi connectivity index (χ4v) is 2.15. The molecule has 0 amide bonds. The van der Waals surface area contributed by atoms with Crippen LogP contribution in [0.5, 0.6) is 0 Å². The molecule has 0 saturated carbocycles. The number of aromatic nitrogens is 2. The van der Waals surface area contributed by atoms with Gasteiger partial charge in [0.15, 0.2) is 5.82 Å². The van der Waals surface area contributed by atoms with Gasteiger partial charge in [-0.3, -0.25) is 0 Å². The summed E-state index contributed by atoms with van der Waals surface area (Å²) in [5.74, 6) is 1.37. The number of aryl methyl sites for hydroxylation is 1. The highest BCUT2D eigenvalue weighted by molar-refractivity contribution is 5.60. The highest BCUT2D eigenvalue weighted by atomic mass is 19.3. The predicted molar refractivity (Wildman–Crippen MR) is 80.7 cm³/mol. The average Bonchev–Trinajstić information content (AvgIpc) is 2.49. The second-order valence-corrected chi connectivity index (χ2v) is 4.77. The summed E-state index contributed by atoms with van der Waals surface area (Å²) in [5, 5.41) is 3.22. The fraction of sp³-hybridized carbons (Fsp3) is 0.375. The number of nitrogens with zero attached hydrogens (tertiary/aromatic N) is 2. The second-order valence-electron chi connectivity index (χ2n) is 4.77. The van der Waals surface area contributed by atoms with Gasteiger partial charge in [-0.1, -0.05) is 31.2 Å². The Morgan fingerprint density at radius 1 is 1.10 bits per heavy atom. The largest absolute Gasteiger partial charge is 0.370 e. The Labute approximate surface area is 123 Å². The zero-order valence-electron chi connectivity index (χ0n) is 12.5. The molecule has 5 heteroatoms. The van der Waals surface area contributed by atoms with Gasteiger partial charge in [-0.05, 0) is 20.3 Å². The van der Waals surface area contributed by atoms with Gasteiger partial charge in [0, 0.05) is 28.9 Å². The van der Waals surface area contributed by atoms with Crippen LogP contribution in [-0.4, -0.2) is 16.5 Å². The van der Waals surface area contributed by atoms with Crippen molar-refractivity contribution in [3.63, 3.8) is 0 Å². The van der Waals surface area contributed by atoms with Gasteiger partial charge >= 0.3 is 0 Å². The van der Waals surface area contributed by atoms with E-state index in [1.807, 2.05) is 20.8 Å². The average molecular weight is 291 g/mol. The maximum absolute atomic E-state index is 12.6. The topological polar surface area (TPSA) is 37.8 Å². The van der Waals surface area contributed by atoms with E-state index in [0.29, 0.717) is 5.82 Å². The Morgan fingerprint density at radius 3 is 2.29 bits per heavy atom. The van der Waals surface area contributed by atoms with E-state index < -0.39 is 6.43 Å². The van der Waals surface area contributed by atoms with Gasteiger partial charge in [0.25, 0.3) is 6.43 Å². The number of halogens is 2. The molecule has 21 heavy (non-hydrogen) atoms. The van der Waals surface area contributed by atoms with E-state index in [1.54, 1.807) is 12.1 Å². The molecule has 0 aliphatic carbocycles. The third-order valence-corrected chi connectivity index (χ3v) is 3.35. The van der Waals surface area contributed by atoms with Gasteiger partial charge in [0.1, 0.15) is 5.82 Å². The van der Waals surface area contributed by atoms with Gasteiger partial charge in [-0.2, -0.15) is 0 Å². The Kier molecular flexibility index (Phi) is 4.83. The highest BCUT2D eigenvalue weighted by Crippen LogP contribution is 2.25. The summed E-state index contributed by atoms with van der Waals surface area (Å²) in [6.45, 7) is 6.80. The van der Waals surface area contributed by atoms with Gasteiger partial charge in [-0.15, -0.1) is 0 Å². The van der Waals surface area contributed by atoms with Gasteiger partial charge in [0.05, 0.1) is 0 Å². The first-order valence-electron chi connectivity index (χ1n) is 7.06. The van der Waals surface area contributed by atoms with Crippen LogP contribution in [0.4, 0.5) is 14.6 Å². The molecule has 0 fully saturated rings. The van der Waals surface area contributed by atoms with Crippen molar-refractivity contribution in [2.75, 3.05) is 11.9 Å². The third kappa shape index (κ3) is 3.35. The molecular formula is C16H19F2N3. The molecule has 2 aromatic rings. The van der Waals surface area contributed by atoms with Crippen LogP contribution in [0, 0.1) is 6.92 Å². The smallest absolute Gasteiger partial charge is 0.263 e. The maximum Gasteiger partial charge on any atom is 0.263 e. The summed E-state index contributed by atoms with van der Waals surface area (Å²) in [6.07, 6.45) is -1.66. The predicted octanol–water partition coefficient (Wildman–Crippen LogP) is 4.38. The molecule has 1 aromatic carbocycles. The van der Waals surface area contributed by atoms with Crippen LogP contribution in [0.15, 0.2) is 24.3 Å². The van der Waals surface area contributed by atoms with Crippen LogP contribution in [0.1, 0.15) is 37.1 Å². The monoisotopic (exact) mass is 291 g/mol. The Morgan fingerprint density at radius 2 is 1.76 bits per heavy atom. The SMILES string of the molecule is CCNc1nc(-c2ccc(C(F)F)cc2)nc(CC)c1C. The lowest BCUT2D eigenvalue weighted by atomic mass is 10.1. The van der Waals surface area contributed by atoms with Crippen molar-refractivity contribution in [1.29, 1.82) is 0 Å². The molecular weight excluding hydrogens is 272 g/mol. The summed E-state index contributed by atoms with van der Waals surface area (Å²) >= 11 is 0. The number of alkyl halides is 2. The van der Waals surface area contributed by atoms with Crippen molar-refractivity contribution in [1.82, 2.24) is 9.97 Å². The van der Waals surface area contributed by atoms with Crippen LogP contribution in [0.3, 0.4) is 0 Å². The zero-order chi connectivity index (χ0) is 15.4. The Bertz CT molecular complexity index is 610. The van der Waals surface area contributed by atoms with E-state index in [9.17, 15) is 8.78 Å². The van der Waals surface area contributed by atoms with Crippen LogP contribution >= 0.6 is 0 Å². The normalized spacial score (nSPS) is 11.0. The zero-order valence-corrected chi connectivity index (χ0v) is 12.5. The van der Waals surface area contributed by atoms with Crippen LogP contribution < -0.4 is 5.32 Å². The van der Waals surface area contributed by atoms with Crippen molar-refractivity contribution in [3.8, 4) is 11.4 Å².